The maximum absolute atomic E-state index is 11.0. The number of rotatable bonds is 2. The van der Waals surface area contributed by atoms with Gasteiger partial charge >= 0.3 is 5.97 Å². The van der Waals surface area contributed by atoms with Gasteiger partial charge in [-0.1, -0.05) is 29.3 Å². The lowest BCUT2D eigenvalue weighted by molar-refractivity contribution is -0.150. The minimum atomic E-state index is -1.32. The molecular weight excluding hydrogens is 227 g/mol. The Morgan fingerprint density at radius 1 is 1.43 bits per heavy atom. The van der Waals surface area contributed by atoms with E-state index in [1.807, 2.05) is 0 Å². The number of halogens is 2. The van der Waals surface area contributed by atoms with E-state index in [0.717, 1.165) is 0 Å². The first kappa shape index (κ1) is 11.3. The molecule has 1 aromatic carbocycles. The lowest BCUT2D eigenvalue weighted by Gasteiger charge is -2.08. The van der Waals surface area contributed by atoms with Crippen LogP contribution in [0.25, 0.3) is 0 Å². The van der Waals surface area contributed by atoms with Crippen LogP contribution >= 0.6 is 23.2 Å². The lowest BCUT2D eigenvalue weighted by atomic mass is 10.1. The molecule has 1 rings (SSSR count). The van der Waals surface area contributed by atoms with Crippen molar-refractivity contribution in [2.45, 2.75) is 6.10 Å². The molecule has 1 atom stereocenters. The van der Waals surface area contributed by atoms with Crippen LogP contribution in [-0.2, 0) is 9.53 Å². The SMILES string of the molecule is COC(=O)[C@@H](O)c1ccc(Cl)c(Cl)c1. The number of carbonyl (C=O) groups is 1. The first-order chi connectivity index (χ1) is 6.56. The molecule has 1 N–H and O–H groups in total. The van der Waals surface area contributed by atoms with Crippen molar-refractivity contribution >= 4 is 29.2 Å². The molecule has 0 amide bonds. The minimum Gasteiger partial charge on any atom is -0.467 e. The first-order valence-corrected chi connectivity index (χ1v) is 4.52. The van der Waals surface area contributed by atoms with Gasteiger partial charge in [0.2, 0.25) is 0 Å². The van der Waals surface area contributed by atoms with Crippen LogP contribution in [0.15, 0.2) is 18.2 Å². The summed E-state index contributed by atoms with van der Waals surface area (Å²) < 4.78 is 4.37. The molecule has 0 spiro atoms. The third-order valence-electron chi connectivity index (χ3n) is 1.68. The van der Waals surface area contributed by atoms with E-state index in [2.05, 4.69) is 4.74 Å². The van der Waals surface area contributed by atoms with Crippen molar-refractivity contribution in [3.8, 4) is 0 Å². The van der Waals surface area contributed by atoms with Crippen molar-refractivity contribution in [2.24, 2.45) is 0 Å². The Morgan fingerprint density at radius 3 is 2.57 bits per heavy atom. The Kier molecular flexibility index (Phi) is 3.75. The maximum Gasteiger partial charge on any atom is 0.339 e. The maximum atomic E-state index is 11.0. The van der Waals surface area contributed by atoms with Crippen LogP contribution in [0.5, 0.6) is 0 Å². The van der Waals surface area contributed by atoms with Crippen molar-refractivity contribution in [3.63, 3.8) is 0 Å². The number of hydrogen-bond donors (Lipinski definition) is 1. The molecule has 0 bridgehead atoms. The normalized spacial score (nSPS) is 12.3. The number of ether oxygens (including phenoxy) is 1. The number of aliphatic hydroxyl groups excluding tert-OH is 1. The predicted octanol–water partition coefficient (Wildman–Crippen LogP) is 2.20. The minimum absolute atomic E-state index is 0.284. The highest BCUT2D eigenvalue weighted by molar-refractivity contribution is 6.42. The molecule has 0 aliphatic rings. The highest BCUT2D eigenvalue weighted by Gasteiger charge is 2.18. The Hall–Kier alpha value is -0.770. The molecule has 0 aliphatic carbocycles. The van der Waals surface area contributed by atoms with Gasteiger partial charge in [0.05, 0.1) is 17.2 Å². The second-order valence-electron chi connectivity index (χ2n) is 2.60. The predicted molar refractivity (Wildman–Crippen MR) is 53.4 cm³/mol. The second-order valence-corrected chi connectivity index (χ2v) is 3.41. The smallest absolute Gasteiger partial charge is 0.339 e. The summed E-state index contributed by atoms with van der Waals surface area (Å²) in [4.78, 5) is 11.0. The first-order valence-electron chi connectivity index (χ1n) is 3.77. The molecule has 0 heterocycles. The van der Waals surface area contributed by atoms with E-state index in [4.69, 9.17) is 23.2 Å². The quantitative estimate of drug-likeness (QED) is 0.799. The van der Waals surface area contributed by atoms with Gasteiger partial charge in [-0.3, -0.25) is 0 Å². The highest BCUT2D eigenvalue weighted by atomic mass is 35.5. The van der Waals surface area contributed by atoms with Crippen LogP contribution in [0.4, 0.5) is 0 Å². The molecule has 0 aromatic heterocycles. The highest BCUT2D eigenvalue weighted by Crippen LogP contribution is 2.25. The number of methoxy groups -OCH3 is 1. The number of carbonyl (C=O) groups excluding carboxylic acids is 1. The van der Waals surface area contributed by atoms with Crippen LogP contribution in [0, 0.1) is 0 Å². The van der Waals surface area contributed by atoms with Crippen molar-refractivity contribution in [1.82, 2.24) is 0 Å². The number of hydrogen-bond acceptors (Lipinski definition) is 3. The molecule has 1 aromatic rings. The summed E-state index contributed by atoms with van der Waals surface area (Å²) in [6, 6.07) is 4.44. The van der Waals surface area contributed by atoms with Crippen molar-refractivity contribution < 1.29 is 14.6 Å². The van der Waals surface area contributed by atoms with E-state index >= 15 is 0 Å². The Balaban J connectivity index is 2.96. The van der Waals surface area contributed by atoms with Gasteiger partial charge in [-0.15, -0.1) is 0 Å². The average molecular weight is 235 g/mol. The van der Waals surface area contributed by atoms with Gasteiger partial charge < -0.3 is 9.84 Å². The van der Waals surface area contributed by atoms with Gasteiger partial charge in [-0.2, -0.15) is 0 Å². The molecule has 0 fully saturated rings. The van der Waals surface area contributed by atoms with E-state index in [1.54, 1.807) is 0 Å². The summed E-state index contributed by atoms with van der Waals surface area (Å²) in [5.41, 5.74) is 0.353. The van der Waals surface area contributed by atoms with E-state index in [9.17, 15) is 9.90 Å². The topological polar surface area (TPSA) is 46.5 Å². The molecule has 0 radical (unpaired) electrons. The van der Waals surface area contributed by atoms with Crippen LogP contribution in [0.1, 0.15) is 11.7 Å². The monoisotopic (exact) mass is 234 g/mol. The van der Waals surface area contributed by atoms with Crippen molar-refractivity contribution in [1.29, 1.82) is 0 Å². The third kappa shape index (κ3) is 2.38. The number of aliphatic hydroxyl groups is 1. The molecule has 14 heavy (non-hydrogen) atoms. The number of esters is 1. The summed E-state index contributed by atoms with van der Waals surface area (Å²) >= 11 is 11.4. The largest absolute Gasteiger partial charge is 0.467 e. The van der Waals surface area contributed by atoms with E-state index < -0.39 is 12.1 Å². The van der Waals surface area contributed by atoms with Gasteiger partial charge in [0, 0.05) is 0 Å². The zero-order valence-electron chi connectivity index (χ0n) is 7.33. The zero-order valence-corrected chi connectivity index (χ0v) is 8.84. The molecule has 76 valence electrons. The third-order valence-corrected chi connectivity index (χ3v) is 2.42. The van der Waals surface area contributed by atoms with E-state index in [-0.39, 0.29) is 5.02 Å². The molecule has 3 nitrogen and oxygen atoms in total. The van der Waals surface area contributed by atoms with Gasteiger partial charge in [0.25, 0.3) is 0 Å². The molecule has 5 heteroatoms. The van der Waals surface area contributed by atoms with E-state index in [1.165, 1.54) is 25.3 Å². The molecule has 0 saturated carbocycles. The second kappa shape index (κ2) is 4.64. The zero-order chi connectivity index (χ0) is 10.7. The fraction of sp³-hybridized carbons (Fsp3) is 0.222. The lowest BCUT2D eigenvalue weighted by Crippen LogP contribution is -2.13. The Morgan fingerprint density at radius 2 is 2.07 bits per heavy atom. The Bertz CT molecular complexity index is 352. The summed E-state index contributed by atoms with van der Waals surface area (Å²) in [5, 5.41) is 10.1. The van der Waals surface area contributed by atoms with Crippen molar-refractivity contribution in [2.75, 3.05) is 7.11 Å². The van der Waals surface area contributed by atoms with E-state index in [0.29, 0.717) is 10.6 Å². The van der Waals surface area contributed by atoms with Crippen molar-refractivity contribution in [3.05, 3.63) is 33.8 Å². The van der Waals surface area contributed by atoms with Gasteiger partial charge in [-0.25, -0.2) is 4.79 Å². The number of benzene rings is 1. The fourth-order valence-corrected chi connectivity index (χ4v) is 1.24. The molecular formula is C9H8Cl2O3. The van der Waals surface area contributed by atoms with Crippen LogP contribution < -0.4 is 0 Å². The van der Waals surface area contributed by atoms with Gasteiger partial charge in [-0.05, 0) is 17.7 Å². The van der Waals surface area contributed by atoms with Gasteiger partial charge in [0.15, 0.2) is 6.10 Å². The van der Waals surface area contributed by atoms with Gasteiger partial charge in [0.1, 0.15) is 0 Å². The average Bonchev–Trinajstić information content (AvgIpc) is 2.20. The summed E-state index contributed by atoms with van der Waals surface area (Å²) in [6.45, 7) is 0. The summed E-state index contributed by atoms with van der Waals surface area (Å²) in [7, 11) is 1.20. The Labute approximate surface area is 91.2 Å². The molecule has 0 aliphatic heterocycles. The summed E-state index contributed by atoms with van der Waals surface area (Å²) in [6.07, 6.45) is -1.32. The summed E-state index contributed by atoms with van der Waals surface area (Å²) in [5.74, 6) is -0.733. The van der Waals surface area contributed by atoms with Crippen LogP contribution in [0.2, 0.25) is 10.0 Å². The standard InChI is InChI=1S/C9H8Cl2O3/c1-14-9(13)8(12)5-2-3-6(10)7(11)4-5/h2-4,8,12H,1H3/t8-/m0/s1. The molecule has 0 unspecified atom stereocenters. The molecule has 0 saturated heterocycles. The van der Waals surface area contributed by atoms with Crippen LogP contribution in [0.3, 0.4) is 0 Å². The fourth-order valence-electron chi connectivity index (χ4n) is 0.930. The van der Waals surface area contributed by atoms with Crippen LogP contribution in [-0.4, -0.2) is 18.2 Å².